The molecule has 3 aliphatic rings. The van der Waals surface area contributed by atoms with Crippen LogP contribution in [0.2, 0.25) is 0 Å². The number of carbonyl (C=O) groups is 4. The van der Waals surface area contributed by atoms with Crippen LogP contribution in [0.4, 0.5) is 0 Å². The summed E-state index contributed by atoms with van der Waals surface area (Å²) in [4.78, 5) is 62.5. The molecule has 2 bridgehead atoms. The zero-order valence-corrected chi connectivity index (χ0v) is 31.2. The molecular weight excluding hydrogens is 682 g/mol. The SMILES string of the molecule is C=CCCC(=O)N(C)[C@H](C)[C@H](OC(=O)[C@@H]1[C@@H]2CC[C@]3(O2)[C@H](C(=O)N(CC=C)Cc2ccccc2)N([C@@H](CO)Cc2ccccc2)C(=O)[C@@H]13)c1ccccc1. The summed E-state index contributed by atoms with van der Waals surface area (Å²) in [6.07, 6.45) is 3.79. The number of fused-ring (bicyclic) bond motifs is 1. The van der Waals surface area contributed by atoms with E-state index < -0.39 is 66.3 Å². The minimum absolute atomic E-state index is 0.113. The van der Waals surface area contributed by atoms with Gasteiger partial charge in [0.15, 0.2) is 0 Å². The fourth-order valence-electron chi connectivity index (χ4n) is 8.66. The highest BCUT2D eigenvalue weighted by atomic mass is 16.6. The molecule has 1 N–H and O–H groups in total. The average Bonchev–Trinajstić information content (AvgIpc) is 3.85. The molecule has 3 fully saturated rings. The van der Waals surface area contributed by atoms with E-state index in [-0.39, 0.29) is 31.3 Å². The van der Waals surface area contributed by atoms with Crippen LogP contribution in [0.15, 0.2) is 116 Å². The zero-order chi connectivity index (χ0) is 38.4. The third-order valence-electron chi connectivity index (χ3n) is 11.4. The smallest absolute Gasteiger partial charge is 0.313 e. The summed E-state index contributed by atoms with van der Waals surface area (Å²) in [5, 5.41) is 10.9. The van der Waals surface area contributed by atoms with Crippen LogP contribution in [0.25, 0.3) is 0 Å². The van der Waals surface area contributed by atoms with Crippen molar-refractivity contribution in [2.45, 2.75) is 81.5 Å². The largest absolute Gasteiger partial charge is 0.455 e. The first kappa shape index (κ1) is 38.7. The van der Waals surface area contributed by atoms with Gasteiger partial charge in [-0.25, -0.2) is 0 Å². The standard InChI is InChI=1S/C44H51N3O7/c1-5-7-23-36(49)45(4)30(3)39(33-21-15-10-16-22-33)53-43(52)37-35-24-25-44(54-35)38(37)41(50)47(34(29-48)27-31-17-11-8-12-18-31)40(44)42(51)46(26-6-2)28-32-19-13-9-14-20-32/h5-6,8-22,30,34-35,37-40,48H,1-2,7,23-29H2,3-4H3/t30-,34-,35+,37-,38-,39+,40+,44-/m1/s1. The lowest BCUT2D eigenvalue weighted by molar-refractivity contribution is -0.165. The van der Waals surface area contributed by atoms with Crippen molar-refractivity contribution in [3.63, 3.8) is 0 Å². The zero-order valence-electron chi connectivity index (χ0n) is 31.2. The normalized spacial score (nSPS) is 24.3. The molecule has 0 saturated carbocycles. The number of hydrogen-bond acceptors (Lipinski definition) is 7. The number of likely N-dealkylation sites (N-methyl/N-ethyl adjacent to an activating group) is 1. The summed E-state index contributed by atoms with van der Waals surface area (Å²) in [6, 6.07) is 26.0. The Balaban J connectivity index is 1.36. The van der Waals surface area contributed by atoms with E-state index in [1.165, 1.54) is 4.90 Å². The van der Waals surface area contributed by atoms with Gasteiger partial charge in [-0.05, 0) is 49.3 Å². The van der Waals surface area contributed by atoms with E-state index in [9.17, 15) is 24.3 Å². The van der Waals surface area contributed by atoms with E-state index >= 15 is 0 Å². The fourth-order valence-corrected chi connectivity index (χ4v) is 8.66. The van der Waals surface area contributed by atoms with E-state index in [4.69, 9.17) is 9.47 Å². The Labute approximate surface area is 318 Å². The highest BCUT2D eigenvalue weighted by Gasteiger charge is 2.75. The highest BCUT2D eigenvalue weighted by Crippen LogP contribution is 2.59. The van der Waals surface area contributed by atoms with Crippen molar-refractivity contribution in [2.24, 2.45) is 11.8 Å². The van der Waals surface area contributed by atoms with Gasteiger partial charge in [0.05, 0.1) is 36.6 Å². The molecule has 8 atom stereocenters. The average molecular weight is 734 g/mol. The van der Waals surface area contributed by atoms with E-state index in [0.29, 0.717) is 31.2 Å². The summed E-state index contributed by atoms with van der Waals surface area (Å²) in [5.41, 5.74) is 1.20. The van der Waals surface area contributed by atoms with E-state index in [1.807, 2.05) is 97.9 Å². The number of benzene rings is 3. The second-order valence-electron chi connectivity index (χ2n) is 14.7. The van der Waals surface area contributed by atoms with Crippen molar-refractivity contribution in [1.29, 1.82) is 0 Å². The molecule has 284 valence electrons. The predicted molar refractivity (Wildman–Crippen MR) is 204 cm³/mol. The van der Waals surface area contributed by atoms with Crippen molar-refractivity contribution < 1.29 is 33.8 Å². The third-order valence-corrected chi connectivity index (χ3v) is 11.4. The monoisotopic (exact) mass is 733 g/mol. The summed E-state index contributed by atoms with van der Waals surface area (Å²) in [7, 11) is 1.69. The minimum Gasteiger partial charge on any atom is -0.455 e. The second kappa shape index (κ2) is 17.0. The molecule has 3 heterocycles. The maximum absolute atomic E-state index is 15.0. The van der Waals surface area contributed by atoms with Crippen LogP contribution in [-0.4, -0.2) is 93.5 Å². The van der Waals surface area contributed by atoms with Gasteiger partial charge < -0.3 is 29.3 Å². The van der Waals surface area contributed by atoms with Gasteiger partial charge in [-0.3, -0.25) is 19.2 Å². The number of rotatable bonds is 17. The summed E-state index contributed by atoms with van der Waals surface area (Å²) < 4.78 is 13.1. The van der Waals surface area contributed by atoms with Crippen LogP contribution in [0.5, 0.6) is 0 Å². The van der Waals surface area contributed by atoms with Crippen molar-refractivity contribution in [3.8, 4) is 0 Å². The molecule has 3 aromatic carbocycles. The van der Waals surface area contributed by atoms with Crippen LogP contribution in [-0.2, 0) is 41.6 Å². The lowest BCUT2D eigenvalue weighted by Crippen LogP contribution is -2.59. The number of aliphatic hydroxyl groups is 1. The molecular formula is C44H51N3O7. The quantitative estimate of drug-likeness (QED) is 0.148. The Kier molecular flexibility index (Phi) is 12.1. The first-order chi connectivity index (χ1) is 26.1. The first-order valence-corrected chi connectivity index (χ1v) is 18.9. The van der Waals surface area contributed by atoms with Crippen molar-refractivity contribution >= 4 is 23.7 Å². The fraction of sp³-hybridized carbons (Fsp3) is 0.409. The number of ether oxygens (including phenoxy) is 2. The topological polar surface area (TPSA) is 117 Å². The van der Waals surface area contributed by atoms with Gasteiger partial charge in [-0.15, -0.1) is 13.2 Å². The molecule has 1 spiro atoms. The molecule has 0 aliphatic carbocycles. The Hall–Kier alpha value is -5.06. The van der Waals surface area contributed by atoms with Gasteiger partial charge in [0.25, 0.3) is 0 Å². The predicted octanol–water partition coefficient (Wildman–Crippen LogP) is 5.28. The maximum atomic E-state index is 15.0. The first-order valence-electron chi connectivity index (χ1n) is 18.9. The molecule has 54 heavy (non-hydrogen) atoms. The number of hydrogen-bond donors (Lipinski definition) is 1. The van der Waals surface area contributed by atoms with Crippen molar-refractivity contribution in [2.75, 3.05) is 20.2 Å². The number of allylic oxidation sites excluding steroid dienone is 1. The van der Waals surface area contributed by atoms with E-state index in [0.717, 1.165) is 11.1 Å². The van der Waals surface area contributed by atoms with E-state index in [2.05, 4.69) is 13.2 Å². The number of esters is 1. The summed E-state index contributed by atoms with van der Waals surface area (Å²) >= 11 is 0. The van der Waals surface area contributed by atoms with Gasteiger partial charge in [-0.2, -0.15) is 0 Å². The molecule has 0 aromatic heterocycles. The van der Waals surface area contributed by atoms with Crippen LogP contribution >= 0.6 is 0 Å². The van der Waals surface area contributed by atoms with Crippen molar-refractivity contribution in [3.05, 3.63) is 133 Å². The van der Waals surface area contributed by atoms with Gasteiger partial charge in [-0.1, -0.05) is 103 Å². The van der Waals surface area contributed by atoms with Crippen molar-refractivity contribution in [1.82, 2.24) is 14.7 Å². The Morgan fingerprint density at radius 3 is 2.22 bits per heavy atom. The van der Waals surface area contributed by atoms with Crippen LogP contribution in [0, 0.1) is 11.8 Å². The molecule has 0 radical (unpaired) electrons. The highest BCUT2D eigenvalue weighted by molar-refractivity contribution is 5.98. The number of amides is 3. The molecule has 6 rings (SSSR count). The van der Waals surface area contributed by atoms with Gasteiger partial charge >= 0.3 is 5.97 Å². The second-order valence-corrected chi connectivity index (χ2v) is 14.7. The molecule has 3 aliphatic heterocycles. The Morgan fingerprint density at radius 1 is 0.981 bits per heavy atom. The Morgan fingerprint density at radius 2 is 1.61 bits per heavy atom. The molecule has 3 saturated heterocycles. The molecule has 3 amide bonds. The van der Waals surface area contributed by atoms with E-state index in [1.54, 1.807) is 29.0 Å². The molecule has 10 heteroatoms. The minimum atomic E-state index is -1.31. The third kappa shape index (κ3) is 7.50. The van der Waals surface area contributed by atoms with Crippen LogP contribution in [0.1, 0.15) is 55.4 Å². The summed E-state index contributed by atoms with van der Waals surface area (Å²) in [5.74, 6) is -3.47. The molecule has 0 unspecified atom stereocenters. The summed E-state index contributed by atoms with van der Waals surface area (Å²) in [6.45, 7) is 9.57. The Bertz CT molecular complexity index is 1800. The van der Waals surface area contributed by atoms with Gasteiger partial charge in [0.2, 0.25) is 17.7 Å². The van der Waals surface area contributed by atoms with Gasteiger partial charge in [0.1, 0.15) is 17.7 Å². The number of likely N-dealkylation sites (tertiary alicyclic amines) is 1. The number of aliphatic hydroxyl groups excluding tert-OH is 1. The molecule has 3 aromatic rings. The van der Waals surface area contributed by atoms with Crippen LogP contribution < -0.4 is 0 Å². The number of nitrogens with zero attached hydrogens (tertiary/aromatic N) is 3. The number of carbonyl (C=O) groups excluding carboxylic acids is 4. The maximum Gasteiger partial charge on any atom is 0.313 e. The van der Waals surface area contributed by atoms with Gasteiger partial charge in [0, 0.05) is 26.6 Å². The lowest BCUT2D eigenvalue weighted by atomic mass is 9.70. The van der Waals surface area contributed by atoms with Crippen LogP contribution in [0.3, 0.4) is 0 Å². The molecule has 10 nitrogen and oxygen atoms in total. The lowest BCUT2D eigenvalue weighted by Gasteiger charge is -2.39.